The Morgan fingerprint density at radius 1 is 1.62 bits per heavy atom. The maximum atomic E-state index is 10.9. The molecule has 0 rings (SSSR count). The highest BCUT2D eigenvalue weighted by atomic mass is 16.5. The SMILES string of the molecule is CCOCC(=O)NCC(C)(O)CO. The van der Waals surface area contributed by atoms with Crippen molar-refractivity contribution >= 4 is 5.91 Å². The quantitative estimate of drug-likeness (QED) is 0.497. The van der Waals surface area contributed by atoms with Crippen molar-refractivity contribution in [1.82, 2.24) is 5.32 Å². The zero-order valence-electron chi connectivity index (χ0n) is 8.04. The van der Waals surface area contributed by atoms with Crippen molar-refractivity contribution in [3.8, 4) is 0 Å². The van der Waals surface area contributed by atoms with E-state index in [2.05, 4.69) is 5.32 Å². The van der Waals surface area contributed by atoms with Crippen molar-refractivity contribution in [3.63, 3.8) is 0 Å². The molecule has 0 saturated heterocycles. The molecule has 0 bridgehead atoms. The van der Waals surface area contributed by atoms with Crippen LogP contribution in [0.5, 0.6) is 0 Å². The number of hydrogen-bond donors (Lipinski definition) is 3. The lowest BCUT2D eigenvalue weighted by Crippen LogP contribution is -2.44. The molecule has 0 aliphatic carbocycles. The van der Waals surface area contributed by atoms with Crippen LogP contribution in [0.25, 0.3) is 0 Å². The van der Waals surface area contributed by atoms with Gasteiger partial charge in [-0.15, -0.1) is 0 Å². The maximum absolute atomic E-state index is 10.9. The van der Waals surface area contributed by atoms with Crippen LogP contribution in [0.15, 0.2) is 0 Å². The van der Waals surface area contributed by atoms with E-state index in [1.807, 2.05) is 0 Å². The zero-order chi connectivity index (χ0) is 10.3. The lowest BCUT2D eigenvalue weighted by atomic mass is 10.1. The zero-order valence-corrected chi connectivity index (χ0v) is 8.04. The second kappa shape index (κ2) is 5.90. The number of hydrogen-bond acceptors (Lipinski definition) is 4. The standard InChI is InChI=1S/C8H17NO4/c1-3-13-4-7(11)9-5-8(2,12)6-10/h10,12H,3-6H2,1-2H3,(H,9,11). The van der Waals surface area contributed by atoms with Gasteiger partial charge in [-0.25, -0.2) is 0 Å². The van der Waals surface area contributed by atoms with E-state index < -0.39 is 5.60 Å². The highest BCUT2D eigenvalue weighted by Gasteiger charge is 2.19. The average molecular weight is 191 g/mol. The van der Waals surface area contributed by atoms with Crippen LogP contribution in [0.2, 0.25) is 0 Å². The monoisotopic (exact) mass is 191 g/mol. The molecule has 0 aromatic heterocycles. The molecule has 0 fully saturated rings. The third-order valence-corrected chi connectivity index (χ3v) is 1.44. The van der Waals surface area contributed by atoms with E-state index in [1.165, 1.54) is 6.92 Å². The summed E-state index contributed by atoms with van der Waals surface area (Å²) in [6.45, 7) is 3.32. The number of rotatable bonds is 6. The lowest BCUT2D eigenvalue weighted by Gasteiger charge is -2.20. The first-order valence-electron chi connectivity index (χ1n) is 4.19. The van der Waals surface area contributed by atoms with Crippen molar-refractivity contribution in [2.75, 3.05) is 26.4 Å². The van der Waals surface area contributed by atoms with Gasteiger partial charge in [-0.2, -0.15) is 0 Å². The fourth-order valence-electron chi connectivity index (χ4n) is 0.591. The number of aliphatic hydroxyl groups is 2. The fourth-order valence-corrected chi connectivity index (χ4v) is 0.591. The van der Waals surface area contributed by atoms with Crippen LogP contribution in [0, 0.1) is 0 Å². The molecule has 1 atom stereocenters. The Morgan fingerprint density at radius 3 is 2.69 bits per heavy atom. The first-order chi connectivity index (χ1) is 6.02. The average Bonchev–Trinajstić information content (AvgIpc) is 2.11. The molecule has 1 amide bonds. The van der Waals surface area contributed by atoms with Gasteiger partial charge in [-0.1, -0.05) is 0 Å². The van der Waals surface area contributed by atoms with Crippen molar-refractivity contribution in [2.24, 2.45) is 0 Å². The molecule has 0 aromatic rings. The first-order valence-corrected chi connectivity index (χ1v) is 4.19. The van der Waals surface area contributed by atoms with Crippen molar-refractivity contribution in [3.05, 3.63) is 0 Å². The predicted octanol–water partition coefficient (Wildman–Crippen LogP) is -1.12. The number of amides is 1. The van der Waals surface area contributed by atoms with E-state index in [4.69, 9.17) is 9.84 Å². The van der Waals surface area contributed by atoms with Gasteiger partial charge in [0.15, 0.2) is 0 Å². The Labute approximate surface area is 77.7 Å². The predicted molar refractivity (Wildman–Crippen MR) is 47.2 cm³/mol. The number of aliphatic hydroxyl groups excluding tert-OH is 1. The topological polar surface area (TPSA) is 78.8 Å². The molecular formula is C8H17NO4. The smallest absolute Gasteiger partial charge is 0.246 e. The summed E-state index contributed by atoms with van der Waals surface area (Å²) >= 11 is 0. The third kappa shape index (κ3) is 6.51. The van der Waals surface area contributed by atoms with Gasteiger partial charge in [0.25, 0.3) is 0 Å². The van der Waals surface area contributed by atoms with Gasteiger partial charge in [-0.05, 0) is 13.8 Å². The van der Waals surface area contributed by atoms with Crippen LogP contribution in [0.3, 0.4) is 0 Å². The molecule has 5 heteroatoms. The Bertz CT molecular complexity index is 158. The Morgan fingerprint density at radius 2 is 2.23 bits per heavy atom. The highest BCUT2D eigenvalue weighted by molar-refractivity contribution is 5.77. The van der Waals surface area contributed by atoms with Crippen molar-refractivity contribution < 1.29 is 19.7 Å². The second-order valence-corrected chi connectivity index (χ2v) is 3.07. The Hall–Kier alpha value is -0.650. The molecule has 1 unspecified atom stereocenters. The number of nitrogens with one attached hydrogen (secondary N) is 1. The van der Waals surface area contributed by atoms with Crippen LogP contribution in [-0.2, 0) is 9.53 Å². The van der Waals surface area contributed by atoms with Gasteiger partial charge in [-0.3, -0.25) is 4.79 Å². The summed E-state index contributed by atoms with van der Waals surface area (Å²) in [4.78, 5) is 10.9. The van der Waals surface area contributed by atoms with Crippen LogP contribution >= 0.6 is 0 Å². The van der Waals surface area contributed by atoms with Crippen LogP contribution in [0.1, 0.15) is 13.8 Å². The summed E-state index contributed by atoms with van der Waals surface area (Å²) in [5.74, 6) is -0.296. The van der Waals surface area contributed by atoms with Crippen molar-refractivity contribution in [1.29, 1.82) is 0 Å². The molecule has 0 spiro atoms. The molecule has 0 aliphatic heterocycles. The van der Waals surface area contributed by atoms with Gasteiger partial charge >= 0.3 is 0 Å². The molecule has 3 N–H and O–H groups in total. The second-order valence-electron chi connectivity index (χ2n) is 3.07. The number of carbonyl (C=O) groups is 1. The van der Waals surface area contributed by atoms with Gasteiger partial charge in [0, 0.05) is 13.2 Å². The molecule has 0 aromatic carbocycles. The maximum Gasteiger partial charge on any atom is 0.246 e. The lowest BCUT2D eigenvalue weighted by molar-refractivity contribution is -0.127. The Kier molecular flexibility index (Phi) is 5.61. The molecule has 78 valence electrons. The number of ether oxygens (including phenoxy) is 1. The summed E-state index contributed by atoms with van der Waals surface area (Å²) in [5, 5.41) is 20.4. The third-order valence-electron chi connectivity index (χ3n) is 1.44. The molecular weight excluding hydrogens is 174 g/mol. The van der Waals surface area contributed by atoms with Crippen LogP contribution in [-0.4, -0.2) is 48.1 Å². The van der Waals surface area contributed by atoms with E-state index in [9.17, 15) is 9.90 Å². The van der Waals surface area contributed by atoms with Crippen LogP contribution in [0.4, 0.5) is 0 Å². The Balaban J connectivity index is 3.57. The molecule has 13 heavy (non-hydrogen) atoms. The summed E-state index contributed by atoms with van der Waals surface area (Å²) in [5.41, 5.74) is -1.26. The summed E-state index contributed by atoms with van der Waals surface area (Å²) in [7, 11) is 0. The van der Waals surface area contributed by atoms with E-state index in [-0.39, 0.29) is 25.7 Å². The fraction of sp³-hybridized carbons (Fsp3) is 0.875. The van der Waals surface area contributed by atoms with E-state index in [0.717, 1.165) is 0 Å². The highest BCUT2D eigenvalue weighted by Crippen LogP contribution is 1.97. The van der Waals surface area contributed by atoms with Gasteiger partial charge in [0.2, 0.25) is 5.91 Å². The summed E-state index contributed by atoms with van der Waals surface area (Å²) in [6.07, 6.45) is 0. The van der Waals surface area contributed by atoms with Crippen LogP contribution < -0.4 is 5.32 Å². The minimum atomic E-state index is -1.26. The van der Waals surface area contributed by atoms with Gasteiger partial charge in [0.05, 0.1) is 6.61 Å². The minimum Gasteiger partial charge on any atom is -0.393 e. The normalized spacial score (nSPS) is 15.1. The molecule has 0 radical (unpaired) electrons. The molecule has 0 heterocycles. The van der Waals surface area contributed by atoms with E-state index >= 15 is 0 Å². The summed E-state index contributed by atoms with van der Waals surface area (Å²) in [6, 6.07) is 0. The van der Waals surface area contributed by atoms with Gasteiger partial charge in [0.1, 0.15) is 12.2 Å². The number of carbonyl (C=O) groups excluding carboxylic acids is 1. The molecule has 0 saturated carbocycles. The van der Waals surface area contributed by atoms with E-state index in [1.54, 1.807) is 6.92 Å². The largest absolute Gasteiger partial charge is 0.393 e. The minimum absolute atomic E-state index is 0.0159. The molecule has 0 aliphatic rings. The molecule has 5 nitrogen and oxygen atoms in total. The summed E-state index contributed by atoms with van der Waals surface area (Å²) < 4.78 is 4.84. The van der Waals surface area contributed by atoms with E-state index in [0.29, 0.717) is 6.61 Å². The first kappa shape index (κ1) is 12.3. The van der Waals surface area contributed by atoms with Crippen molar-refractivity contribution in [2.45, 2.75) is 19.4 Å². The van der Waals surface area contributed by atoms with Gasteiger partial charge < -0.3 is 20.3 Å².